The van der Waals surface area contributed by atoms with Gasteiger partial charge in [-0.3, -0.25) is 9.78 Å². The van der Waals surface area contributed by atoms with Gasteiger partial charge in [-0.1, -0.05) is 67.3 Å². The number of fused-ring (bicyclic) bond motifs is 1. The van der Waals surface area contributed by atoms with Crippen LogP contribution < -0.4 is 11.1 Å². The van der Waals surface area contributed by atoms with Gasteiger partial charge in [0.2, 0.25) is 5.91 Å². The summed E-state index contributed by atoms with van der Waals surface area (Å²) in [5.74, 6) is 0.409. The number of nitrogens with two attached hydrogens (primary N) is 1. The molecular formula is C26H24ClN5O. The van der Waals surface area contributed by atoms with Crippen molar-refractivity contribution < 1.29 is 4.79 Å². The summed E-state index contributed by atoms with van der Waals surface area (Å²) in [7, 11) is 0. The molecule has 1 amide bonds. The quantitative estimate of drug-likeness (QED) is 0.385. The van der Waals surface area contributed by atoms with Crippen LogP contribution in [0.5, 0.6) is 0 Å². The number of pyridine rings is 1. The van der Waals surface area contributed by atoms with Gasteiger partial charge in [0.25, 0.3) is 0 Å². The zero-order valence-corrected chi connectivity index (χ0v) is 18.8. The highest BCUT2D eigenvalue weighted by Gasteiger charge is 2.24. The number of rotatable bonds is 4. The first-order chi connectivity index (χ1) is 16.1. The number of anilines is 2. The molecule has 6 nitrogen and oxygen atoms in total. The molecule has 1 aliphatic rings. The van der Waals surface area contributed by atoms with Crippen LogP contribution in [0.1, 0.15) is 32.1 Å². The van der Waals surface area contributed by atoms with E-state index >= 15 is 0 Å². The molecule has 2 heterocycles. The molecule has 166 valence electrons. The SMILES string of the molecule is Nc1nc(-c2ccccc2)c(-c2cc(Cl)c3ncccc3c2)nc1NC(=O)C1CCCCC1. The average molecular weight is 458 g/mol. The molecule has 4 aromatic rings. The smallest absolute Gasteiger partial charge is 0.228 e. The Morgan fingerprint density at radius 3 is 2.48 bits per heavy atom. The minimum absolute atomic E-state index is 0.0154. The fourth-order valence-corrected chi connectivity index (χ4v) is 4.68. The van der Waals surface area contributed by atoms with Crippen LogP contribution in [0.4, 0.5) is 11.6 Å². The van der Waals surface area contributed by atoms with E-state index in [0.29, 0.717) is 16.4 Å². The zero-order valence-electron chi connectivity index (χ0n) is 18.1. The van der Waals surface area contributed by atoms with Gasteiger partial charge in [0.05, 0.1) is 21.9 Å². The van der Waals surface area contributed by atoms with Crippen molar-refractivity contribution in [3.63, 3.8) is 0 Å². The Balaban J connectivity index is 1.63. The number of aromatic nitrogens is 3. The normalized spacial score (nSPS) is 14.3. The lowest BCUT2D eigenvalue weighted by atomic mass is 9.89. The number of carbonyl (C=O) groups excluding carboxylic acids is 1. The third kappa shape index (κ3) is 4.39. The number of carbonyl (C=O) groups is 1. The Labute approximate surface area is 197 Å². The number of halogens is 1. The zero-order chi connectivity index (χ0) is 22.8. The molecular weight excluding hydrogens is 434 g/mol. The van der Waals surface area contributed by atoms with E-state index in [1.54, 1.807) is 6.20 Å². The third-order valence-electron chi connectivity index (χ3n) is 6.12. The Morgan fingerprint density at radius 1 is 0.939 bits per heavy atom. The fraction of sp³-hybridized carbons (Fsp3) is 0.231. The fourth-order valence-electron chi connectivity index (χ4n) is 4.41. The van der Waals surface area contributed by atoms with Crippen molar-refractivity contribution in [2.45, 2.75) is 32.1 Å². The lowest BCUT2D eigenvalue weighted by molar-refractivity contribution is -0.120. The van der Waals surface area contributed by atoms with Crippen molar-refractivity contribution in [2.24, 2.45) is 5.92 Å². The maximum absolute atomic E-state index is 12.9. The Bertz CT molecular complexity index is 1320. The van der Waals surface area contributed by atoms with Crippen LogP contribution in [-0.4, -0.2) is 20.9 Å². The molecule has 0 unspecified atom stereocenters. The van der Waals surface area contributed by atoms with E-state index < -0.39 is 0 Å². The van der Waals surface area contributed by atoms with Crippen LogP contribution in [0, 0.1) is 5.92 Å². The molecule has 2 aromatic heterocycles. The largest absolute Gasteiger partial charge is 0.381 e. The highest BCUT2D eigenvalue weighted by molar-refractivity contribution is 6.35. The van der Waals surface area contributed by atoms with Crippen molar-refractivity contribution in [1.82, 2.24) is 15.0 Å². The molecule has 3 N–H and O–H groups in total. The van der Waals surface area contributed by atoms with Gasteiger partial charge in [0.15, 0.2) is 11.6 Å². The minimum Gasteiger partial charge on any atom is -0.381 e. The molecule has 5 rings (SSSR count). The lowest BCUT2D eigenvalue weighted by Crippen LogP contribution is -2.26. The number of amides is 1. The number of nitrogens with zero attached hydrogens (tertiary/aromatic N) is 3. The Hall–Kier alpha value is -3.51. The molecule has 1 aliphatic carbocycles. The molecule has 1 fully saturated rings. The van der Waals surface area contributed by atoms with Gasteiger partial charge in [-0.25, -0.2) is 9.97 Å². The van der Waals surface area contributed by atoms with Crippen LogP contribution in [0.2, 0.25) is 5.02 Å². The molecule has 0 aliphatic heterocycles. The molecule has 0 saturated heterocycles. The van der Waals surface area contributed by atoms with Crippen molar-refractivity contribution in [1.29, 1.82) is 0 Å². The van der Waals surface area contributed by atoms with Crippen LogP contribution in [-0.2, 0) is 4.79 Å². The second kappa shape index (κ2) is 9.16. The minimum atomic E-state index is -0.0464. The molecule has 33 heavy (non-hydrogen) atoms. The summed E-state index contributed by atoms with van der Waals surface area (Å²) >= 11 is 6.56. The number of hydrogen-bond donors (Lipinski definition) is 2. The molecule has 0 spiro atoms. The second-order valence-electron chi connectivity index (χ2n) is 8.38. The predicted octanol–water partition coefficient (Wildman–Crippen LogP) is 6.11. The van der Waals surface area contributed by atoms with Crippen molar-refractivity contribution in [2.75, 3.05) is 11.1 Å². The molecule has 2 aromatic carbocycles. The first-order valence-electron chi connectivity index (χ1n) is 11.2. The van der Waals surface area contributed by atoms with Crippen LogP contribution in [0.3, 0.4) is 0 Å². The molecule has 7 heteroatoms. The topological polar surface area (TPSA) is 93.8 Å². The van der Waals surface area contributed by atoms with E-state index in [-0.39, 0.29) is 23.5 Å². The van der Waals surface area contributed by atoms with E-state index in [2.05, 4.69) is 15.3 Å². The van der Waals surface area contributed by atoms with Crippen molar-refractivity contribution >= 4 is 40.0 Å². The molecule has 1 saturated carbocycles. The highest BCUT2D eigenvalue weighted by atomic mass is 35.5. The van der Waals surface area contributed by atoms with E-state index in [0.717, 1.165) is 47.7 Å². The van der Waals surface area contributed by atoms with E-state index in [1.165, 1.54) is 6.42 Å². The third-order valence-corrected chi connectivity index (χ3v) is 6.41. The van der Waals surface area contributed by atoms with E-state index in [4.69, 9.17) is 22.3 Å². The van der Waals surface area contributed by atoms with Crippen LogP contribution >= 0.6 is 11.6 Å². The predicted molar refractivity (Wildman–Crippen MR) is 133 cm³/mol. The summed E-state index contributed by atoms with van der Waals surface area (Å²) < 4.78 is 0. The number of nitrogen functional groups attached to an aromatic ring is 1. The molecule has 0 bridgehead atoms. The van der Waals surface area contributed by atoms with Crippen molar-refractivity contribution in [3.8, 4) is 22.5 Å². The maximum atomic E-state index is 12.9. The number of hydrogen-bond acceptors (Lipinski definition) is 5. The van der Waals surface area contributed by atoms with E-state index in [1.807, 2.05) is 54.6 Å². The Kier molecular flexibility index (Phi) is 5.92. The maximum Gasteiger partial charge on any atom is 0.228 e. The van der Waals surface area contributed by atoms with Gasteiger partial charge < -0.3 is 11.1 Å². The summed E-state index contributed by atoms with van der Waals surface area (Å²) in [6.45, 7) is 0. The molecule has 0 atom stereocenters. The summed E-state index contributed by atoms with van der Waals surface area (Å²) in [5, 5.41) is 4.35. The first-order valence-corrected chi connectivity index (χ1v) is 11.6. The summed E-state index contributed by atoms with van der Waals surface area (Å²) in [6, 6.07) is 17.4. The number of nitrogens with one attached hydrogen (secondary N) is 1. The Morgan fingerprint density at radius 2 is 1.70 bits per heavy atom. The van der Waals surface area contributed by atoms with Gasteiger partial charge >= 0.3 is 0 Å². The second-order valence-corrected chi connectivity index (χ2v) is 8.79. The van der Waals surface area contributed by atoms with Crippen molar-refractivity contribution in [3.05, 3.63) is 65.8 Å². The van der Waals surface area contributed by atoms with Gasteiger partial charge in [0.1, 0.15) is 0 Å². The lowest BCUT2D eigenvalue weighted by Gasteiger charge is -2.21. The van der Waals surface area contributed by atoms with Crippen LogP contribution in [0.15, 0.2) is 60.8 Å². The average Bonchev–Trinajstić information content (AvgIpc) is 2.86. The van der Waals surface area contributed by atoms with E-state index in [9.17, 15) is 4.79 Å². The molecule has 0 radical (unpaired) electrons. The highest BCUT2D eigenvalue weighted by Crippen LogP contribution is 2.36. The monoisotopic (exact) mass is 457 g/mol. The van der Waals surface area contributed by atoms with Gasteiger partial charge in [-0.2, -0.15) is 0 Å². The summed E-state index contributed by atoms with van der Waals surface area (Å²) in [4.78, 5) is 26.7. The van der Waals surface area contributed by atoms with Gasteiger partial charge in [-0.05, 0) is 31.0 Å². The van der Waals surface area contributed by atoms with Crippen LogP contribution in [0.25, 0.3) is 33.4 Å². The first kappa shape index (κ1) is 21.3. The standard InChI is InChI=1S/C26H24ClN5O/c27-20-15-19(14-18-12-7-13-29-21(18)20)23-22(16-8-3-1-4-9-16)30-24(28)25(31-23)32-26(33)17-10-5-2-6-11-17/h1,3-4,7-9,12-15,17H,2,5-6,10-11H2,(H2,28,30)(H,31,32,33). The number of benzene rings is 2. The van der Waals surface area contributed by atoms with Gasteiger partial charge in [-0.15, -0.1) is 0 Å². The van der Waals surface area contributed by atoms with Gasteiger partial charge in [0, 0.05) is 28.6 Å². The summed E-state index contributed by atoms with van der Waals surface area (Å²) in [6.07, 6.45) is 6.81. The summed E-state index contributed by atoms with van der Waals surface area (Å²) in [5.41, 5.74) is 9.88.